The summed E-state index contributed by atoms with van der Waals surface area (Å²) in [5.74, 6) is 0.144. The van der Waals surface area contributed by atoms with Crippen LogP contribution in [-0.2, 0) is 6.54 Å². The number of aromatic nitrogens is 2. The van der Waals surface area contributed by atoms with Gasteiger partial charge in [0.15, 0.2) is 0 Å². The molecule has 0 bridgehead atoms. The molecular weight excluding hydrogens is 327 g/mol. The van der Waals surface area contributed by atoms with Crippen molar-refractivity contribution in [1.82, 2.24) is 20.0 Å². The first kappa shape index (κ1) is 17.1. The molecule has 1 aliphatic rings. The van der Waals surface area contributed by atoms with E-state index in [0.29, 0.717) is 38.5 Å². The van der Waals surface area contributed by atoms with E-state index in [9.17, 15) is 14.0 Å². The van der Waals surface area contributed by atoms with Crippen molar-refractivity contribution in [3.05, 3.63) is 57.8 Å². The highest BCUT2D eigenvalue weighted by atomic mass is 19.1. The van der Waals surface area contributed by atoms with Crippen LogP contribution in [0, 0.1) is 5.82 Å². The van der Waals surface area contributed by atoms with E-state index in [1.807, 2.05) is 0 Å². The first-order valence-electron chi connectivity index (χ1n) is 7.96. The van der Waals surface area contributed by atoms with Gasteiger partial charge in [-0.25, -0.2) is 9.49 Å². The minimum atomic E-state index is -0.342. The van der Waals surface area contributed by atoms with Gasteiger partial charge in [-0.2, -0.15) is 5.10 Å². The van der Waals surface area contributed by atoms with Crippen LogP contribution in [0.3, 0.4) is 0 Å². The van der Waals surface area contributed by atoms with Gasteiger partial charge < -0.3 is 9.64 Å². The second-order valence-electron chi connectivity index (χ2n) is 5.83. The number of H-pyrrole nitrogens is 1. The summed E-state index contributed by atoms with van der Waals surface area (Å²) in [5, 5.41) is 6.04. The second kappa shape index (κ2) is 7.43. The molecule has 1 aliphatic heterocycles. The molecule has 1 N–H and O–H groups in total. The molecule has 132 valence electrons. The maximum atomic E-state index is 13.5. The lowest BCUT2D eigenvalue weighted by molar-refractivity contribution is 0.0620. The molecule has 0 saturated carbocycles. The number of hydrogen-bond acceptors (Lipinski definition) is 5. The van der Waals surface area contributed by atoms with Crippen molar-refractivity contribution in [3.63, 3.8) is 0 Å². The van der Waals surface area contributed by atoms with Gasteiger partial charge in [0.25, 0.3) is 11.5 Å². The summed E-state index contributed by atoms with van der Waals surface area (Å²) >= 11 is 0. The lowest BCUT2D eigenvalue weighted by Crippen LogP contribution is -2.48. The first-order chi connectivity index (χ1) is 12.1. The number of nitrogens with zero attached hydrogens (tertiary/aromatic N) is 3. The Bertz CT molecular complexity index is 795. The molecule has 0 radical (unpaired) electrons. The van der Waals surface area contributed by atoms with Gasteiger partial charge in [0.2, 0.25) is 0 Å². The fraction of sp³-hybridized carbons (Fsp3) is 0.353. The Balaban J connectivity index is 1.60. The van der Waals surface area contributed by atoms with Gasteiger partial charge in [-0.3, -0.25) is 14.5 Å². The van der Waals surface area contributed by atoms with Crippen LogP contribution in [0.25, 0.3) is 0 Å². The third-order valence-corrected chi connectivity index (χ3v) is 4.19. The van der Waals surface area contributed by atoms with Gasteiger partial charge in [-0.15, -0.1) is 0 Å². The van der Waals surface area contributed by atoms with Crippen LogP contribution >= 0.6 is 0 Å². The van der Waals surface area contributed by atoms with Crippen molar-refractivity contribution in [2.75, 3.05) is 33.3 Å². The van der Waals surface area contributed by atoms with Gasteiger partial charge >= 0.3 is 0 Å². The Labute approximate surface area is 144 Å². The highest BCUT2D eigenvalue weighted by Gasteiger charge is 2.23. The van der Waals surface area contributed by atoms with Crippen LogP contribution in [0.5, 0.6) is 5.75 Å². The number of carbonyl (C=O) groups excluding carboxylic acids is 1. The van der Waals surface area contributed by atoms with Crippen molar-refractivity contribution in [2.45, 2.75) is 6.54 Å². The Morgan fingerprint density at radius 3 is 2.64 bits per heavy atom. The largest absolute Gasteiger partial charge is 0.496 e. The molecule has 0 spiro atoms. The van der Waals surface area contributed by atoms with Crippen molar-refractivity contribution < 1.29 is 13.9 Å². The Kier molecular flexibility index (Phi) is 5.08. The number of amides is 1. The second-order valence-corrected chi connectivity index (χ2v) is 5.83. The number of piperazine rings is 1. The number of nitrogens with one attached hydrogen (secondary N) is 1. The molecule has 2 heterocycles. The van der Waals surface area contributed by atoms with Crippen LogP contribution in [0.4, 0.5) is 4.39 Å². The summed E-state index contributed by atoms with van der Waals surface area (Å²) in [7, 11) is 1.56. The Hall–Kier alpha value is -2.74. The molecule has 8 heteroatoms. The predicted octanol–water partition coefficient (Wildman–Crippen LogP) is 0.876. The number of hydrogen-bond donors (Lipinski definition) is 1. The fourth-order valence-electron chi connectivity index (χ4n) is 2.85. The normalized spacial score (nSPS) is 15.2. The highest BCUT2D eigenvalue weighted by molar-refractivity contribution is 5.92. The molecule has 1 aromatic carbocycles. The Morgan fingerprint density at radius 2 is 2.00 bits per heavy atom. The zero-order chi connectivity index (χ0) is 17.8. The van der Waals surface area contributed by atoms with Crippen LogP contribution in [0.2, 0.25) is 0 Å². The molecular formula is C17H19FN4O3. The van der Waals surface area contributed by atoms with Gasteiger partial charge in [0.1, 0.15) is 17.3 Å². The molecule has 7 nitrogen and oxygen atoms in total. The van der Waals surface area contributed by atoms with E-state index in [2.05, 4.69) is 15.1 Å². The molecule has 0 aliphatic carbocycles. The maximum absolute atomic E-state index is 13.5. The number of ether oxygens (including phenoxy) is 1. The molecule has 25 heavy (non-hydrogen) atoms. The zero-order valence-electron chi connectivity index (χ0n) is 13.9. The van der Waals surface area contributed by atoms with E-state index in [-0.39, 0.29) is 23.0 Å². The standard InChI is InChI=1S/C17H19FN4O3/c1-25-15-4-2-13(18)10-12(15)11-21-6-8-22(9-7-21)17(24)14-3-5-16(23)20-19-14/h2-5,10H,6-9,11H2,1H3,(H,20,23). The molecule has 0 atom stereocenters. The first-order valence-corrected chi connectivity index (χ1v) is 7.96. The number of methoxy groups -OCH3 is 1. The SMILES string of the molecule is COc1ccc(F)cc1CN1CCN(C(=O)c2ccc(=O)[nH]n2)CC1. The molecule has 1 saturated heterocycles. The van der Waals surface area contributed by atoms with Gasteiger partial charge in [-0.05, 0) is 24.3 Å². The van der Waals surface area contributed by atoms with E-state index in [1.165, 1.54) is 24.3 Å². The zero-order valence-corrected chi connectivity index (χ0v) is 13.9. The minimum absolute atomic E-state index is 0.209. The van der Waals surface area contributed by atoms with Crippen molar-refractivity contribution >= 4 is 5.91 Å². The summed E-state index contributed by atoms with van der Waals surface area (Å²) in [6, 6.07) is 7.17. The Morgan fingerprint density at radius 1 is 1.24 bits per heavy atom. The summed E-state index contributed by atoms with van der Waals surface area (Å²) in [6.45, 7) is 2.96. The van der Waals surface area contributed by atoms with Crippen LogP contribution in [0.15, 0.2) is 35.1 Å². The lowest BCUT2D eigenvalue weighted by atomic mass is 10.1. The minimum Gasteiger partial charge on any atom is -0.496 e. The summed E-state index contributed by atoms with van der Waals surface area (Å²) < 4.78 is 18.7. The summed E-state index contributed by atoms with van der Waals surface area (Å²) in [5.41, 5.74) is 0.662. The molecule has 2 aromatic rings. The predicted molar refractivity (Wildman–Crippen MR) is 89.0 cm³/mol. The summed E-state index contributed by atoms with van der Waals surface area (Å²) in [4.78, 5) is 27.2. The number of benzene rings is 1. The van der Waals surface area contributed by atoms with E-state index >= 15 is 0 Å². The van der Waals surface area contributed by atoms with Crippen molar-refractivity contribution in [2.24, 2.45) is 0 Å². The molecule has 0 unspecified atom stereocenters. The van der Waals surface area contributed by atoms with Crippen molar-refractivity contribution in [1.29, 1.82) is 0 Å². The molecule has 1 aromatic heterocycles. The van der Waals surface area contributed by atoms with Gasteiger partial charge in [-0.1, -0.05) is 0 Å². The topological polar surface area (TPSA) is 78.5 Å². The van der Waals surface area contributed by atoms with Gasteiger partial charge in [0.05, 0.1) is 7.11 Å². The number of halogens is 1. The monoisotopic (exact) mass is 346 g/mol. The van der Waals surface area contributed by atoms with Crippen molar-refractivity contribution in [3.8, 4) is 5.75 Å². The molecule has 1 fully saturated rings. The maximum Gasteiger partial charge on any atom is 0.274 e. The van der Waals surface area contributed by atoms with Gasteiger partial charge in [0, 0.05) is 44.4 Å². The molecule has 3 rings (SSSR count). The molecule has 1 amide bonds. The quantitative estimate of drug-likeness (QED) is 0.889. The van der Waals surface area contributed by atoms with Crippen LogP contribution in [-0.4, -0.2) is 59.2 Å². The number of carbonyl (C=O) groups is 1. The fourth-order valence-corrected chi connectivity index (χ4v) is 2.85. The number of rotatable bonds is 4. The lowest BCUT2D eigenvalue weighted by Gasteiger charge is -2.34. The van der Waals surface area contributed by atoms with E-state index < -0.39 is 0 Å². The smallest absolute Gasteiger partial charge is 0.274 e. The van der Waals surface area contributed by atoms with E-state index in [0.717, 1.165) is 5.56 Å². The van der Waals surface area contributed by atoms with Crippen LogP contribution in [0.1, 0.15) is 16.1 Å². The average Bonchev–Trinajstić information content (AvgIpc) is 2.63. The summed E-state index contributed by atoms with van der Waals surface area (Å²) in [6.07, 6.45) is 0. The third-order valence-electron chi connectivity index (χ3n) is 4.19. The highest BCUT2D eigenvalue weighted by Crippen LogP contribution is 2.21. The number of aromatic amines is 1. The van der Waals surface area contributed by atoms with E-state index in [4.69, 9.17) is 4.74 Å². The van der Waals surface area contributed by atoms with Crippen LogP contribution < -0.4 is 10.3 Å². The average molecular weight is 346 g/mol. The third kappa shape index (κ3) is 4.03. The van der Waals surface area contributed by atoms with E-state index in [1.54, 1.807) is 18.1 Å².